The van der Waals surface area contributed by atoms with Crippen LogP contribution >= 0.6 is 24.0 Å². The molecule has 0 aliphatic rings. The molecule has 1 aromatic carbocycles. The van der Waals surface area contributed by atoms with Gasteiger partial charge in [-0.2, -0.15) is 0 Å². The van der Waals surface area contributed by atoms with Gasteiger partial charge in [0, 0.05) is 24.2 Å². The molecule has 0 radical (unpaired) electrons. The van der Waals surface area contributed by atoms with Crippen molar-refractivity contribution in [2.75, 3.05) is 13.1 Å². The highest BCUT2D eigenvalue weighted by atomic mass is 127. The number of carbonyl (C=O) groups excluding carboxylic acids is 1. The van der Waals surface area contributed by atoms with Crippen molar-refractivity contribution in [1.82, 2.24) is 10.6 Å². The number of nitrogens with two attached hydrogens (primary N) is 1. The van der Waals surface area contributed by atoms with Crippen molar-refractivity contribution in [3.8, 4) is 0 Å². The number of nitrogens with zero attached hydrogens (tertiary/aromatic N) is 1. The molecule has 6 heteroatoms. The number of guanidine groups is 1. The first-order chi connectivity index (χ1) is 9.38. The van der Waals surface area contributed by atoms with Crippen LogP contribution in [0.25, 0.3) is 0 Å². The zero-order valence-electron chi connectivity index (χ0n) is 12.8. The molecule has 0 aliphatic heterocycles. The average molecular weight is 404 g/mol. The molecule has 0 bridgehead atoms. The Kier molecular flexibility index (Phi) is 9.00. The molecule has 0 aliphatic carbocycles. The van der Waals surface area contributed by atoms with E-state index in [0.717, 1.165) is 6.42 Å². The summed E-state index contributed by atoms with van der Waals surface area (Å²) in [6.45, 7) is 7.24. The van der Waals surface area contributed by atoms with Gasteiger partial charge < -0.3 is 16.4 Å². The Morgan fingerprint density at radius 1 is 1.24 bits per heavy atom. The zero-order chi connectivity index (χ0) is 15.0. The van der Waals surface area contributed by atoms with E-state index in [9.17, 15) is 4.79 Å². The lowest BCUT2D eigenvalue weighted by Crippen LogP contribution is -2.45. The molecule has 0 saturated carbocycles. The monoisotopic (exact) mass is 404 g/mol. The highest BCUT2D eigenvalue weighted by molar-refractivity contribution is 14.0. The number of nitrogens with one attached hydrogen (secondary N) is 2. The van der Waals surface area contributed by atoms with Crippen LogP contribution in [0.2, 0.25) is 0 Å². The van der Waals surface area contributed by atoms with Crippen LogP contribution in [0.3, 0.4) is 0 Å². The predicted molar refractivity (Wildman–Crippen MR) is 98.2 cm³/mol. The summed E-state index contributed by atoms with van der Waals surface area (Å²) in [5.74, 6) is 0.377. The molecule has 21 heavy (non-hydrogen) atoms. The Balaban J connectivity index is 0.00000400. The molecule has 1 aromatic rings. The van der Waals surface area contributed by atoms with Gasteiger partial charge in [0.15, 0.2) is 5.96 Å². The van der Waals surface area contributed by atoms with Crippen LogP contribution in [0.15, 0.2) is 35.3 Å². The second-order valence-corrected chi connectivity index (χ2v) is 5.62. The van der Waals surface area contributed by atoms with Crippen LogP contribution in [0, 0.1) is 0 Å². The number of rotatable bonds is 5. The lowest BCUT2D eigenvalue weighted by Gasteiger charge is -2.20. The third-order valence-corrected chi connectivity index (χ3v) is 2.44. The number of aliphatic imine (C=N–C) groups is 1. The van der Waals surface area contributed by atoms with Crippen LogP contribution in [-0.4, -0.2) is 30.5 Å². The summed E-state index contributed by atoms with van der Waals surface area (Å²) < 4.78 is 0. The standard InChI is InChI=1S/C15H24N4O.HI/c1-15(2,3)19-14(16)18-11-7-10-17-13(20)12-8-5-4-6-9-12;/h4-6,8-9H,7,10-11H2,1-3H3,(H,17,20)(H3,16,18,19);1H. The molecular formula is C15H25IN4O. The van der Waals surface area contributed by atoms with E-state index in [1.54, 1.807) is 12.1 Å². The van der Waals surface area contributed by atoms with E-state index in [0.29, 0.717) is 24.6 Å². The van der Waals surface area contributed by atoms with E-state index in [2.05, 4.69) is 15.6 Å². The molecular weight excluding hydrogens is 379 g/mol. The van der Waals surface area contributed by atoms with E-state index >= 15 is 0 Å². The zero-order valence-corrected chi connectivity index (χ0v) is 15.2. The summed E-state index contributed by atoms with van der Waals surface area (Å²) in [7, 11) is 0. The normalized spacial score (nSPS) is 11.5. The molecule has 0 unspecified atom stereocenters. The molecule has 0 heterocycles. The minimum atomic E-state index is -0.0882. The molecule has 1 amide bonds. The Hall–Kier alpha value is -1.31. The predicted octanol–water partition coefficient (Wildman–Crippen LogP) is 2.13. The third-order valence-electron chi connectivity index (χ3n) is 2.44. The first-order valence-electron chi connectivity index (χ1n) is 6.80. The summed E-state index contributed by atoms with van der Waals surface area (Å²) in [4.78, 5) is 16.0. The van der Waals surface area contributed by atoms with Gasteiger partial charge in [-0.05, 0) is 39.3 Å². The van der Waals surface area contributed by atoms with Gasteiger partial charge >= 0.3 is 0 Å². The van der Waals surface area contributed by atoms with Gasteiger partial charge in [0.05, 0.1) is 0 Å². The molecule has 118 valence electrons. The topological polar surface area (TPSA) is 79.5 Å². The van der Waals surface area contributed by atoms with Gasteiger partial charge in [0.25, 0.3) is 5.91 Å². The van der Waals surface area contributed by atoms with Gasteiger partial charge in [0.1, 0.15) is 0 Å². The molecule has 4 N–H and O–H groups in total. The summed E-state index contributed by atoms with van der Waals surface area (Å²) in [6, 6.07) is 9.16. The fourth-order valence-electron chi connectivity index (χ4n) is 1.60. The lowest BCUT2D eigenvalue weighted by atomic mass is 10.1. The first-order valence-corrected chi connectivity index (χ1v) is 6.80. The second kappa shape index (κ2) is 9.59. The van der Waals surface area contributed by atoms with E-state index in [4.69, 9.17) is 5.73 Å². The van der Waals surface area contributed by atoms with Gasteiger partial charge in [-0.25, -0.2) is 0 Å². The highest BCUT2D eigenvalue weighted by Crippen LogP contribution is 1.98. The van der Waals surface area contributed by atoms with E-state index in [-0.39, 0.29) is 35.4 Å². The van der Waals surface area contributed by atoms with Crippen LogP contribution in [0.4, 0.5) is 0 Å². The maximum atomic E-state index is 11.7. The van der Waals surface area contributed by atoms with Crippen molar-refractivity contribution in [2.45, 2.75) is 32.7 Å². The van der Waals surface area contributed by atoms with Crippen LogP contribution in [-0.2, 0) is 0 Å². The summed E-state index contributed by atoms with van der Waals surface area (Å²) in [5.41, 5.74) is 6.33. The maximum absolute atomic E-state index is 11.7. The summed E-state index contributed by atoms with van der Waals surface area (Å²) >= 11 is 0. The van der Waals surface area contributed by atoms with Crippen molar-refractivity contribution in [2.24, 2.45) is 10.7 Å². The Labute approximate surface area is 143 Å². The van der Waals surface area contributed by atoms with Crippen LogP contribution in [0.1, 0.15) is 37.6 Å². The molecule has 0 saturated heterocycles. The van der Waals surface area contributed by atoms with Gasteiger partial charge in [0.2, 0.25) is 0 Å². The van der Waals surface area contributed by atoms with Crippen molar-refractivity contribution in [3.63, 3.8) is 0 Å². The van der Waals surface area contributed by atoms with E-state index < -0.39 is 0 Å². The van der Waals surface area contributed by atoms with Gasteiger partial charge in [-0.1, -0.05) is 18.2 Å². The third kappa shape index (κ3) is 9.28. The quantitative estimate of drug-likeness (QED) is 0.305. The first kappa shape index (κ1) is 19.7. The van der Waals surface area contributed by atoms with Crippen molar-refractivity contribution < 1.29 is 4.79 Å². The smallest absolute Gasteiger partial charge is 0.251 e. The molecule has 0 fully saturated rings. The van der Waals surface area contributed by atoms with Crippen molar-refractivity contribution in [3.05, 3.63) is 35.9 Å². The fraction of sp³-hybridized carbons (Fsp3) is 0.467. The molecule has 0 aromatic heterocycles. The minimum absolute atomic E-state index is 0. The molecule has 0 spiro atoms. The highest BCUT2D eigenvalue weighted by Gasteiger charge is 2.09. The van der Waals surface area contributed by atoms with Gasteiger partial charge in [-0.15, -0.1) is 24.0 Å². The van der Waals surface area contributed by atoms with E-state index in [1.807, 2.05) is 39.0 Å². The van der Waals surface area contributed by atoms with E-state index in [1.165, 1.54) is 0 Å². The molecule has 1 rings (SSSR count). The average Bonchev–Trinajstić information content (AvgIpc) is 2.37. The number of amides is 1. The lowest BCUT2D eigenvalue weighted by molar-refractivity contribution is 0.0953. The van der Waals surface area contributed by atoms with Crippen LogP contribution < -0.4 is 16.4 Å². The Bertz CT molecular complexity index is 454. The fourth-order valence-corrected chi connectivity index (χ4v) is 1.60. The molecule has 0 atom stereocenters. The largest absolute Gasteiger partial charge is 0.370 e. The number of carbonyl (C=O) groups is 1. The second-order valence-electron chi connectivity index (χ2n) is 5.62. The van der Waals surface area contributed by atoms with Crippen molar-refractivity contribution >= 4 is 35.8 Å². The SMILES string of the molecule is CC(C)(C)NC(N)=NCCCNC(=O)c1ccccc1.I. The van der Waals surface area contributed by atoms with Crippen LogP contribution in [0.5, 0.6) is 0 Å². The number of halogens is 1. The summed E-state index contributed by atoms with van der Waals surface area (Å²) in [5, 5.41) is 5.94. The maximum Gasteiger partial charge on any atom is 0.251 e. The Morgan fingerprint density at radius 2 is 1.86 bits per heavy atom. The number of hydrogen-bond donors (Lipinski definition) is 3. The Morgan fingerprint density at radius 3 is 2.43 bits per heavy atom. The molecule has 5 nitrogen and oxygen atoms in total. The van der Waals surface area contributed by atoms with Gasteiger partial charge in [-0.3, -0.25) is 9.79 Å². The summed E-state index contributed by atoms with van der Waals surface area (Å²) in [6.07, 6.45) is 0.755. The number of hydrogen-bond acceptors (Lipinski definition) is 2. The minimum Gasteiger partial charge on any atom is -0.370 e. The van der Waals surface area contributed by atoms with Crippen molar-refractivity contribution in [1.29, 1.82) is 0 Å². The number of benzene rings is 1.